The third-order valence-corrected chi connectivity index (χ3v) is 9.00. The topological polar surface area (TPSA) is 65.0 Å². The number of hydrogen-bond donors (Lipinski definition) is 0. The average molecular weight is 592 g/mol. The number of likely N-dealkylation sites (N-methyl/N-ethyl adjacent to an activating group) is 1. The summed E-state index contributed by atoms with van der Waals surface area (Å²) in [5.41, 5.74) is 3.42. The Balaban J connectivity index is 1.31. The molecule has 0 bridgehead atoms. The van der Waals surface area contributed by atoms with Crippen LogP contribution in [-0.2, 0) is 17.8 Å². The third-order valence-electron chi connectivity index (χ3n) is 8.34. The van der Waals surface area contributed by atoms with Crippen LogP contribution in [0, 0.1) is 0 Å². The number of benzene rings is 2. The summed E-state index contributed by atoms with van der Waals surface area (Å²) in [5.74, 6) is 0.945. The zero-order chi connectivity index (χ0) is 26.9. The van der Waals surface area contributed by atoms with Gasteiger partial charge >= 0.3 is 6.01 Å². The van der Waals surface area contributed by atoms with Gasteiger partial charge in [0.1, 0.15) is 12.4 Å². The van der Waals surface area contributed by atoms with Crippen molar-refractivity contribution in [2.45, 2.75) is 31.8 Å². The first-order valence-corrected chi connectivity index (χ1v) is 14.6. The highest BCUT2D eigenvalue weighted by Crippen LogP contribution is 2.37. The van der Waals surface area contributed by atoms with Crippen molar-refractivity contribution < 1.29 is 9.53 Å². The Morgan fingerprint density at radius 1 is 1.08 bits per heavy atom. The van der Waals surface area contributed by atoms with E-state index >= 15 is 0 Å². The van der Waals surface area contributed by atoms with Crippen molar-refractivity contribution >= 4 is 44.1 Å². The summed E-state index contributed by atoms with van der Waals surface area (Å²) in [6.45, 7) is 9.69. The van der Waals surface area contributed by atoms with E-state index in [2.05, 4.69) is 80.7 Å². The first-order valence-electron chi connectivity index (χ1n) is 13.8. The van der Waals surface area contributed by atoms with Crippen LogP contribution in [0.2, 0.25) is 0 Å². The maximum absolute atomic E-state index is 12.2. The number of carbonyl (C=O) groups excluding carboxylic acids is 1. The number of carbonyl (C=O) groups is 1. The molecule has 1 aromatic heterocycles. The Morgan fingerprint density at radius 3 is 2.62 bits per heavy atom. The molecule has 1 amide bonds. The standard InChI is InChI=1S/C30H35BrN6O2/c1-3-27(38)35-15-17-36(18-16-35)29-23-12-14-37(26-11-5-8-21-7-4-10-24(31)28(21)26)19-25(23)32-30(33-29)39-20-22-9-6-13-34(22)2/h3-5,7-8,10-11,22H,1,6,9,12-20H2,2H3/t22-/m0/s1. The van der Waals surface area contributed by atoms with Gasteiger partial charge in [0.2, 0.25) is 5.91 Å². The van der Waals surface area contributed by atoms with Gasteiger partial charge in [-0.25, -0.2) is 0 Å². The Kier molecular flexibility index (Phi) is 7.44. The summed E-state index contributed by atoms with van der Waals surface area (Å²) in [7, 11) is 2.16. The number of fused-ring (bicyclic) bond motifs is 2. The number of halogens is 1. The minimum atomic E-state index is -0.0130. The molecule has 3 aliphatic heterocycles. The van der Waals surface area contributed by atoms with Crippen LogP contribution in [0.1, 0.15) is 24.1 Å². The van der Waals surface area contributed by atoms with Crippen molar-refractivity contribution in [3.05, 3.63) is 64.8 Å². The molecule has 3 aliphatic rings. The van der Waals surface area contributed by atoms with Crippen molar-refractivity contribution in [3.63, 3.8) is 0 Å². The molecule has 2 fully saturated rings. The molecular formula is C30H35BrN6O2. The minimum absolute atomic E-state index is 0.0130. The fourth-order valence-corrected chi connectivity index (χ4v) is 6.67. The molecule has 39 heavy (non-hydrogen) atoms. The number of hydrogen-bond acceptors (Lipinski definition) is 7. The van der Waals surface area contributed by atoms with E-state index in [1.807, 2.05) is 4.90 Å². The Labute approximate surface area is 238 Å². The van der Waals surface area contributed by atoms with Crippen molar-refractivity contribution in [1.82, 2.24) is 19.8 Å². The van der Waals surface area contributed by atoms with Crippen molar-refractivity contribution in [2.75, 3.05) is 62.7 Å². The summed E-state index contributed by atoms with van der Waals surface area (Å²) in [6.07, 6.45) is 4.58. The van der Waals surface area contributed by atoms with Crippen LogP contribution in [0.5, 0.6) is 6.01 Å². The van der Waals surface area contributed by atoms with E-state index in [9.17, 15) is 4.79 Å². The lowest BCUT2D eigenvalue weighted by atomic mass is 10.0. The zero-order valence-corrected chi connectivity index (χ0v) is 24.1. The molecule has 204 valence electrons. The lowest BCUT2D eigenvalue weighted by Gasteiger charge is -2.38. The van der Waals surface area contributed by atoms with Crippen molar-refractivity contribution in [1.29, 1.82) is 0 Å². The second-order valence-corrected chi connectivity index (χ2v) is 11.5. The molecule has 1 atom stereocenters. The molecule has 2 saturated heterocycles. The molecular weight excluding hydrogens is 556 g/mol. The van der Waals surface area contributed by atoms with Gasteiger partial charge in [0.15, 0.2) is 0 Å². The summed E-state index contributed by atoms with van der Waals surface area (Å²) in [5, 5.41) is 2.44. The quantitative estimate of drug-likeness (QED) is 0.397. The molecule has 8 nitrogen and oxygen atoms in total. The number of likely N-dealkylation sites (tertiary alicyclic amines) is 1. The highest BCUT2D eigenvalue weighted by molar-refractivity contribution is 9.10. The van der Waals surface area contributed by atoms with Gasteiger partial charge in [-0.3, -0.25) is 4.79 Å². The van der Waals surface area contributed by atoms with E-state index in [4.69, 9.17) is 14.7 Å². The largest absolute Gasteiger partial charge is 0.462 e. The van der Waals surface area contributed by atoms with Gasteiger partial charge in [-0.05, 0) is 56.4 Å². The summed E-state index contributed by atoms with van der Waals surface area (Å²) < 4.78 is 7.37. The van der Waals surface area contributed by atoms with Crippen molar-refractivity contribution in [2.24, 2.45) is 0 Å². The molecule has 4 heterocycles. The molecule has 0 aliphatic carbocycles. The van der Waals surface area contributed by atoms with E-state index in [-0.39, 0.29) is 5.91 Å². The Hall–Kier alpha value is -3.17. The number of rotatable bonds is 6. The number of anilines is 2. The SMILES string of the molecule is C=CC(=O)N1CCN(c2nc(OC[C@@H]3CCCN3C)nc3c2CCN(c2cccc4cccc(Br)c24)C3)CC1. The summed E-state index contributed by atoms with van der Waals surface area (Å²) >= 11 is 3.78. The van der Waals surface area contributed by atoms with E-state index in [1.54, 1.807) is 0 Å². The number of nitrogens with zero attached hydrogens (tertiary/aromatic N) is 6. The second-order valence-electron chi connectivity index (χ2n) is 10.6. The van der Waals surface area contributed by atoms with E-state index in [1.165, 1.54) is 34.5 Å². The monoisotopic (exact) mass is 590 g/mol. The van der Waals surface area contributed by atoms with E-state index in [0.29, 0.717) is 38.3 Å². The average Bonchev–Trinajstić information content (AvgIpc) is 3.39. The second kappa shape index (κ2) is 11.1. The molecule has 0 N–H and O–H groups in total. The summed E-state index contributed by atoms with van der Waals surface area (Å²) in [4.78, 5) is 31.0. The van der Waals surface area contributed by atoms with Crippen LogP contribution in [0.25, 0.3) is 10.8 Å². The molecule has 0 saturated carbocycles. The zero-order valence-electron chi connectivity index (χ0n) is 22.5. The lowest BCUT2D eigenvalue weighted by molar-refractivity contribution is -0.126. The first kappa shape index (κ1) is 26.1. The molecule has 6 rings (SSSR count). The minimum Gasteiger partial charge on any atom is -0.462 e. The van der Waals surface area contributed by atoms with Crippen LogP contribution >= 0.6 is 15.9 Å². The highest BCUT2D eigenvalue weighted by atomic mass is 79.9. The van der Waals surface area contributed by atoms with Gasteiger partial charge < -0.3 is 24.3 Å². The maximum Gasteiger partial charge on any atom is 0.318 e. The predicted molar refractivity (Wildman–Crippen MR) is 159 cm³/mol. The predicted octanol–water partition coefficient (Wildman–Crippen LogP) is 4.26. The first-order chi connectivity index (χ1) is 19.0. The number of ether oxygens (including phenoxy) is 1. The molecule has 3 aromatic rings. The number of amides is 1. The number of piperazine rings is 1. The summed E-state index contributed by atoms with van der Waals surface area (Å²) in [6, 6.07) is 13.7. The van der Waals surface area contributed by atoms with Gasteiger partial charge in [0.25, 0.3) is 0 Å². The Bertz CT molecular complexity index is 1380. The lowest BCUT2D eigenvalue weighted by Crippen LogP contribution is -2.49. The molecule has 0 unspecified atom stereocenters. The van der Waals surface area contributed by atoms with E-state index in [0.717, 1.165) is 55.0 Å². The number of aromatic nitrogens is 2. The fourth-order valence-electron chi connectivity index (χ4n) is 6.09. The van der Waals surface area contributed by atoms with Crippen LogP contribution in [0.4, 0.5) is 11.5 Å². The van der Waals surface area contributed by atoms with Gasteiger partial charge in [0, 0.05) is 59.9 Å². The molecule has 2 aromatic carbocycles. The normalized spacial score (nSPS) is 19.8. The Morgan fingerprint density at radius 2 is 1.87 bits per heavy atom. The molecule has 0 radical (unpaired) electrons. The van der Waals surface area contributed by atoms with Gasteiger partial charge in [-0.1, -0.05) is 46.8 Å². The van der Waals surface area contributed by atoms with E-state index < -0.39 is 0 Å². The fraction of sp³-hybridized carbons (Fsp3) is 0.433. The third kappa shape index (κ3) is 5.22. The van der Waals surface area contributed by atoms with Gasteiger partial charge in [-0.2, -0.15) is 9.97 Å². The van der Waals surface area contributed by atoms with Gasteiger partial charge in [-0.15, -0.1) is 0 Å². The van der Waals surface area contributed by atoms with Crippen LogP contribution < -0.4 is 14.5 Å². The molecule has 0 spiro atoms. The van der Waals surface area contributed by atoms with Gasteiger partial charge in [0.05, 0.1) is 12.2 Å². The smallest absolute Gasteiger partial charge is 0.318 e. The maximum atomic E-state index is 12.2. The van der Waals surface area contributed by atoms with Crippen LogP contribution in [0.3, 0.4) is 0 Å². The van der Waals surface area contributed by atoms with Crippen LogP contribution in [0.15, 0.2) is 53.5 Å². The highest BCUT2D eigenvalue weighted by Gasteiger charge is 2.30. The molecule has 9 heteroatoms. The van der Waals surface area contributed by atoms with Crippen molar-refractivity contribution in [3.8, 4) is 6.01 Å². The van der Waals surface area contributed by atoms with Crippen LogP contribution in [-0.4, -0.2) is 84.6 Å².